The van der Waals surface area contributed by atoms with E-state index in [4.69, 9.17) is 5.26 Å². The van der Waals surface area contributed by atoms with Crippen molar-refractivity contribution in [2.45, 2.75) is 6.54 Å². The molecule has 0 unspecified atom stereocenters. The van der Waals surface area contributed by atoms with Crippen molar-refractivity contribution >= 4 is 16.7 Å². The van der Waals surface area contributed by atoms with E-state index in [1.54, 1.807) is 6.07 Å². The van der Waals surface area contributed by atoms with Gasteiger partial charge < -0.3 is 10.3 Å². The normalized spacial score (nSPS) is 10.2. The number of benzene rings is 1. The molecule has 2 aromatic heterocycles. The molecular weight excluding hydrogens is 266 g/mol. The number of nitriles is 1. The van der Waals surface area contributed by atoms with Crippen molar-refractivity contribution in [1.82, 2.24) is 15.0 Å². The third-order valence-electron chi connectivity index (χ3n) is 3.06. The molecule has 0 saturated heterocycles. The lowest BCUT2D eigenvalue weighted by Gasteiger charge is -2.08. The van der Waals surface area contributed by atoms with Gasteiger partial charge in [-0.2, -0.15) is 5.26 Å². The van der Waals surface area contributed by atoms with Gasteiger partial charge in [-0.15, -0.1) is 0 Å². The number of rotatable bonds is 3. The summed E-state index contributed by atoms with van der Waals surface area (Å²) in [6, 6.07) is 11.1. The van der Waals surface area contributed by atoms with E-state index in [2.05, 4.69) is 20.3 Å². The molecule has 2 heterocycles. The molecule has 21 heavy (non-hydrogen) atoms. The number of H-pyrrole nitrogens is 1. The third-order valence-corrected chi connectivity index (χ3v) is 3.06. The van der Waals surface area contributed by atoms with E-state index in [1.165, 1.54) is 12.4 Å². The predicted molar refractivity (Wildman–Crippen MR) is 78.6 cm³/mol. The maximum atomic E-state index is 11.7. The largest absolute Gasteiger partial charge is 0.365 e. The molecule has 0 bridgehead atoms. The van der Waals surface area contributed by atoms with Gasteiger partial charge in [-0.3, -0.25) is 4.79 Å². The minimum absolute atomic E-state index is 0.142. The number of pyridine rings is 1. The van der Waals surface area contributed by atoms with Crippen LogP contribution in [0.15, 0.2) is 47.5 Å². The highest BCUT2D eigenvalue weighted by atomic mass is 16.1. The van der Waals surface area contributed by atoms with Crippen LogP contribution in [0.2, 0.25) is 0 Å². The van der Waals surface area contributed by atoms with Gasteiger partial charge in [0, 0.05) is 23.5 Å². The molecule has 1 aromatic carbocycles. The summed E-state index contributed by atoms with van der Waals surface area (Å²) in [5.41, 5.74) is 1.80. The molecule has 6 heteroatoms. The first kappa shape index (κ1) is 12.8. The first-order valence-corrected chi connectivity index (χ1v) is 6.33. The van der Waals surface area contributed by atoms with E-state index in [0.717, 1.165) is 16.5 Å². The summed E-state index contributed by atoms with van der Waals surface area (Å²) >= 11 is 0. The van der Waals surface area contributed by atoms with Crippen molar-refractivity contribution in [3.8, 4) is 6.07 Å². The number of hydrogen-bond acceptors (Lipinski definition) is 5. The minimum atomic E-state index is -0.142. The summed E-state index contributed by atoms with van der Waals surface area (Å²) in [6.45, 7) is 0.449. The molecule has 0 atom stereocenters. The summed E-state index contributed by atoms with van der Waals surface area (Å²) in [5.74, 6) is 0.554. The lowest BCUT2D eigenvalue weighted by Crippen LogP contribution is -2.10. The Balaban J connectivity index is 1.88. The second kappa shape index (κ2) is 5.43. The van der Waals surface area contributed by atoms with E-state index < -0.39 is 0 Å². The van der Waals surface area contributed by atoms with Crippen molar-refractivity contribution in [3.05, 3.63) is 64.3 Å². The van der Waals surface area contributed by atoms with E-state index in [-0.39, 0.29) is 11.3 Å². The second-order valence-corrected chi connectivity index (χ2v) is 4.46. The molecule has 2 N–H and O–H groups in total. The number of nitrogens with zero attached hydrogens (tertiary/aromatic N) is 3. The molecule has 3 aromatic rings. The van der Waals surface area contributed by atoms with Crippen LogP contribution in [0.3, 0.4) is 0 Å². The molecule has 0 fully saturated rings. The Morgan fingerprint density at radius 1 is 1.24 bits per heavy atom. The summed E-state index contributed by atoms with van der Waals surface area (Å²) in [4.78, 5) is 22.5. The molecule has 0 aliphatic rings. The second-order valence-electron chi connectivity index (χ2n) is 4.46. The zero-order chi connectivity index (χ0) is 14.7. The Morgan fingerprint density at radius 2 is 2.10 bits per heavy atom. The number of aromatic nitrogens is 3. The van der Waals surface area contributed by atoms with Crippen molar-refractivity contribution < 1.29 is 0 Å². The zero-order valence-corrected chi connectivity index (χ0v) is 11.0. The Bertz CT molecular complexity index is 877. The molecule has 102 valence electrons. The standard InChI is InChI=1S/C15H11N5O/c16-6-11-8-19-14(9-17-11)18-7-10-5-15(21)20-13-4-2-1-3-12(10)13/h1-5,8-9H,7H2,(H,18,19)(H,20,21). The molecule has 0 amide bonds. The van der Waals surface area contributed by atoms with Crippen LogP contribution in [0.1, 0.15) is 11.3 Å². The zero-order valence-electron chi connectivity index (χ0n) is 11.0. The SMILES string of the molecule is N#Cc1cnc(NCc2cc(=O)[nH]c3ccccc23)cn1. The summed E-state index contributed by atoms with van der Waals surface area (Å²) in [6.07, 6.45) is 2.89. The molecule has 0 aliphatic heterocycles. The number of aromatic amines is 1. The number of anilines is 1. The average molecular weight is 277 g/mol. The Hall–Kier alpha value is -3.20. The fourth-order valence-electron chi connectivity index (χ4n) is 2.09. The Labute approximate surface area is 120 Å². The molecule has 0 saturated carbocycles. The molecule has 0 spiro atoms. The Morgan fingerprint density at radius 3 is 2.86 bits per heavy atom. The smallest absolute Gasteiger partial charge is 0.248 e. The summed E-state index contributed by atoms with van der Waals surface area (Å²) in [7, 11) is 0. The highest BCUT2D eigenvalue weighted by Gasteiger charge is 2.03. The van der Waals surface area contributed by atoms with Gasteiger partial charge in [0.25, 0.3) is 0 Å². The van der Waals surface area contributed by atoms with Gasteiger partial charge >= 0.3 is 0 Å². The van der Waals surface area contributed by atoms with Gasteiger partial charge in [0.2, 0.25) is 5.56 Å². The van der Waals surface area contributed by atoms with E-state index >= 15 is 0 Å². The van der Waals surface area contributed by atoms with Crippen molar-refractivity contribution in [2.24, 2.45) is 0 Å². The average Bonchev–Trinajstić information content (AvgIpc) is 2.53. The quantitative estimate of drug-likeness (QED) is 0.761. The summed E-state index contributed by atoms with van der Waals surface area (Å²) < 4.78 is 0. The topological polar surface area (TPSA) is 94.5 Å². The third kappa shape index (κ3) is 2.72. The molecule has 0 radical (unpaired) electrons. The van der Waals surface area contributed by atoms with E-state index in [9.17, 15) is 4.79 Å². The first-order chi connectivity index (χ1) is 10.3. The van der Waals surface area contributed by atoms with Gasteiger partial charge in [0.15, 0.2) is 5.69 Å². The van der Waals surface area contributed by atoms with Crippen LogP contribution in [0.4, 0.5) is 5.82 Å². The highest BCUT2D eigenvalue weighted by Crippen LogP contribution is 2.15. The maximum absolute atomic E-state index is 11.7. The lowest BCUT2D eigenvalue weighted by atomic mass is 10.1. The van der Waals surface area contributed by atoms with Crippen LogP contribution in [0, 0.1) is 11.3 Å². The molecule has 3 rings (SSSR count). The van der Waals surface area contributed by atoms with Crippen LogP contribution in [-0.4, -0.2) is 15.0 Å². The fourth-order valence-corrected chi connectivity index (χ4v) is 2.09. The van der Waals surface area contributed by atoms with Crippen molar-refractivity contribution in [2.75, 3.05) is 5.32 Å². The van der Waals surface area contributed by atoms with E-state index in [1.807, 2.05) is 30.3 Å². The summed E-state index contributed by atoms with van der Waals surface area (Å²) in [5, 5.41) is 12.7. The van der Waals surface area contributed by atoms with Crippen LogP contribution in [-0.2, 0) is 6.54 Å². The number of para-hydroxylation sites is 1. The fraction of sp³-hybridized carbons (Fsp3) is 0.0667. The monoisotopic (exact) mass is 277 g/mol. The highest BCUT2D eigenvalue weighted by molar-refractivity contribution is 5.81. The van der Waals surface area contributed by atoms with Gasteiger partial charge in [-0.1, -0.05) is 18.2 Å². The molecule has 0 aliphatic carbocycles. The van der Waals surface area contributed by atoms with E-state index in [0.29, 0.717) is 12.4 Å². The van der Waals surface area contributed by atoms with Crippen LogP contribution < -0.4 is 10.9 Å². The van der Waals surface area contributed by atoms with Gasteiger partial charge in [0.1, 0.15) is 11.9 Å². The number of hydrogen-bond donors (Lipinski definition) is 2. The van der Waals surface area contributed by atoms with Gasteiger partial charge in [-0.25, -0.2) is 9.97 Å². The first-order valence-electron chi connectivity index (χ1n) is 6.33. The van der Waals surface area contributed by atoms with Gasteiger partial charge in [0.05, 0.1) is 12.4 Å². The molecule has 6 nitrogen and oxygen atoms in total. The van der Waals surface area contributed by atoms with Crippen LogP contribution in [0.25, 0.3) is 10.9 Å². The predicted octanol–water partition coefficient (Wildman–Crippen LogP) is 1.80. The van der Waals surface area contributed by atoms with Crippen molar-refractivity contribution in [3.63, 3.8) is 0 Å². The van der Waals surface area contributed by atoms with Gasteiger partial charge in [-0.05, 0) is 11.6 Å². The van der Waals surface area contributed by atoms with Crippen LogP contribution in [0.5, 0.6) is 0 Å². The number of fused-ring (bicyclic) bond motifs is 1. The lowest BCUT2D eigenvalue weighted by molar-refractivity contribution is 1.08. The maximum Gasteiger partial charge on any atom is 0.248 e. The minimum Gasteiger partial charge on any atom is -0.365 e. The molecular formula is C15H11N5O. The Kier molecular flexibility index (Phi) is 3.31. The number of nitrogens with one attached hydrogen (secondary N) is 2. The van der Waals surface area contributed by atoms with Crippen LogP contribution >= 0.6 is 0 Å². The van der Waals surface area contributed by atoms with Crippen molar-refractivity contribution in [1.29, 1.82) is 5.26 Å².